The van der Waals surface area contributed by atoms with E-state index >= 15 is 0 Å². The van der Waals surface area contributed by atoms with Gasteiger partial charge in [0.1, 0.15) is 0 Å². The summed E-state index contributed by atoms with van der Waals surface area (Å²) in [6.45, 7) is 12.4. The lowest BCUT2D eigenvalue weighted by Crippen LogP contribution is -2.52. The highest BCUT2D eigenvalue weighted by molar-refractivity contribution is 5.78. The lowest BCUT2D eigenvalue weighted by molar-refractivity contribution is -0.138. The molecular weight excluding hydrogens is 238 g/mol. The fraction of sp³-hybridized carbons (Fsp3) is 0.933. The number of nitrogens with zero attached hydrogens (tertiary/aromatic N) is 2. The first-order valence-corrected chi connectivity index (χ1v) is 7.80. The maximum Gasteiger partial charge on any atom is 0.237 e. The highest BCUT2D eigenvalue weighted by atomic mass is 16.2. The van der Waals surface area contributed by atoms with Gasteiger partial charge in [-0.15, -0.1) is 0 Å². The van der Waals surface area contributed by atoms with Crippen LogP contribution in [-0.4, -0.2) is 61.0 Å². The summed E-state index contributed by atoms with van der Waals surface area (Å²) in [5.41, 5.74) is 0. The van der Waals surface area contributed by atoms with E-state index in [1.807, 2.05) is 0 Å². The van der Waals surface area contributed by atoms with Crippen molar-refractivity contribution in [3.05, 3.63) is 0 Å². The van der Waals surface area contributed by atoms with E-state index in [9.17, 15) is 4.79 Å². The Morgan fingerprint density at radius 1 is 1.21 bits per heavy atom. The maximum absolute atomic E-state index is 12.5. The van der Waals surface area contributed by atoms with Gasteiger partial charge in [0.05, 0.1) is 6.54 Å². The first kappa shape index (κ1) is 14.8. The summed E-state index contributed by atoms with van der Waals surface area (Å²) < 4.78 is 0. The molecule has 0 aliphatic carbocycles. The van der Waals surface area contributed by atoms with E-state index in [1.54, 1.807) is 0 Å². The molecule has 0 bridgehead atoms. The summed E-state index contributed by atoms with van der Waals surface area (Å²) in [6.07, 6.45) is 2.40. The van der Waals surface area contributed by atoms with Gasteiger partial charge in [-0.3, -0.25) is 9.69 Å². The third kappa shape index (κ3) is 3.93. The Bertz CT molecular complexity index is 300. The lowest BCUT2D eigenvalue weighted by atomic mass is 9.86. The molecule has 1 N–H and O–H groups in total. The van der Waals surface area contributed by atoms with Crippen molar-refractivity contribution >= 4 is 5.91 Å². The van der Waals surface area contributed by atoms with Crippen molar-refractivity contribution in [1.82, 2.24) is 15.1 Å². The predicted molar refractivity (Wildman–Crippen MR) is 78.0 cm³/mol. The summed E-state index contributed by atoms with van der Waals surface area (Å²) >= 11 is 0. The number of carbonyl (C=O) groups excluding carboxylic acids is 1. The quantitative estimate of drug-likeness (QED) is 0.816. The molecule has 0 radical (unpaired) electrons. The zero-order chi connectivity index (χ0) is 13.8. The van der Waals surface area contributed by atoms with E-state index in [0.29, 0.717) is 30.3 Å². The van der Waals surface area contributed by atoms with Gasteiger partial charge in [0.15, 0.2) is 0 Å². The van der Waals surface area contributed by atoms with Crippen molar-refractivity contribution in [3.63, 3.8) is 0 Å². The molecule has 4 heteroatoms. The van der Waals surface area contributed by atoms with Crippen LogP contribution in [0, 0.1) is 11.8 Å². The van der Waals surface area contributed by atoms with Gasteiger partial charge in [-0.25, -0.2) is 0 Å². The van der Waals surface area contributed by atoms with Gasteiger partial charge in [0, 0.05) is 25.7 Å². The molecule has 2 fully saturated rings. The van der Waals surface area contributed by atoms with Crippen LogP contribution >= 0.6 is 0 Å². The smallest absolute Gasteiger partial charge is 0.237 e. The minimum Gasteiger partial charge on any atom is -0.338 e. The van der Waals surface area contributed by atoms with Crippen molar-refractivity contribution < 1.29 is 4.79 Å². The molecule has 2 aliphatic heterocycles. The Balaban J connectivity index is 1.90. The van der Waals surface area contributed by atoms with Crippen LogP contribution < -0.4 is 5.32 Å². The SMILES string of the molecule is CC1CC(C)C(C)N(C(=O)CN2CCCNCC2)C1. The highest BCUT2D eigenvalue weighted by Gasteiger charge is 2.32. The number of amides is 1. The molecule has 0 aromatic carbocycles. The number of rotatable bonds is 2. The molecule has 110 valence electrons. The number of nitrogens with one attached hydrogen (secondary N) is 1. The topological polar surface area (TPSA) is 35.6 Å². The average molecular weight is 267 g/mol. The second-order valence-corrected chi connectivity index (χ2v) is 6.48. The molecule has 4 nitrogen and oxygen atoms in total. The van der Waals surface area contributed by atoms with Crippen LogP contribution in [0.2, 0.25) is 0 Å². The molecule has 2 aliphatic rings. The summed E-state index contributed by atoms with van der Waals surface area (Å²) in [6, 6.07) is 0.397. The van der Waals surface area contributed by atoms with Gasteiger partial charge in [-0.05, 0) is 44.7 Å². The van der Waals surface area contributed by atoms with Crippen LogP contribution in [0.4, 0.5) is 0 Å². The Labute approximate surface area is 117 Å². The van der Waals surface area contributed by atoms with Crippen LogP contribution in [0.5, 0.6) is 0 Å². The van der Waals surface area contributed by atoms with Crippen LogP contribution in [-0.2, 0) is 4.79 Å². The molecule has 3 atom stereocenters. The zero-order valence-electron chi connectivity index (χ0n) is 12.7. The molecule has 0 aromatic rings. The second-order valence-electron chi connectivity index (χ2n) is 6.48. The fourth-order valence-electron chi connectivity index (χ4n) is 3.39. The largest absolute Gasteiger partial charge is 0.338 e. The first-order valence-electron chi connectivity index (χ1n) is 7.80. The van der Waals surface area contributed by atoms with Gasteiger partial charge >= 0.3 is 0 Å². The summed E-state index contributed by atoms with van der Waals surface area (Å²) in [5.74, 6) is 1.59. The predicted octanol–water partition coefficient (Wildman–Crippen LogP) is 1.17. The molecule has 0 saturated carbocycles. The third-order valence-electron chi connectivity index (χ3n) is 4.71. The normalized spacial score (nSPS) is 34.1. The van der Waals surface area contributed by atoms with Gasteiger partial charge in [-0.1, -0.05) is 13.8 Å². The third-order valence-corrected chi connectivity index (χ3v) is 4.71. The first-order chi connectivity index (χ1) is 9.08. The minimum atomic E-state index is 0.327. The molecule has 1 amide bonds. The van der Waals surface area contributed by atoms with Gasteiger partial charge in [-0.2, -0.15) is 0 Å². The van der Waals surface area contributed by atoms with Crippen LogP contribution in [0.1, 0.15) is 33.6 Å². The number of piperidine rings is 1. The van der Waals surface area contributed by atoms with Crippen molar-refractivity contribution in [1.29, 1.82) is 0 Å². The fourth-order valence-corrected chi connectivity index (χ4v) is 3.39. The highest BCUT2D eigenvalue weighted by Crippen LogP contribution is 2.26. The van der Waals surface area contributed by atoms with Crippen molar-refractivity contribution in [3.8, 4) is 0 Å². The monoisotopic (exact) mass is 267 g/mol. The molecular formula is C15H29N3O. The Hall–Kier alpha value is -0.610. The number of hydrogen-bond acceptors (Lipinski definition) is 3. The molecule has 2 saturated heterocycles. The van der Waals surface area contributed by atoms with Crippen LogP contribution in [0.25, 0.3) is 0 Å². The standard InChI is InChI=1S/C15H29N3O/c1-12-9-13(2)14(3)18(10-12)15(19)11-17-7-4-5-16-6-8-17/h12-14,16H,4-11H2,1-3H3. The van der Waals surface area contributed by atoms with Crippen molar-refractivity contribution in [2.24, 2.45) is 11.8 Å². The Morgan fingerprint density at radius 3 is 2.79 bits per heavy atom. The molecule has 19 heavy (non-hydrogen) atoms. The number of likely N-dealkylation sites (tertiary alicyclic amines) is 1. The summed E-state index contributed by atoms with van der Waals surface area (Å²) in [7, 11) is 0. The Kier molecular flexibility index (Phi) is 5.22. The van der Waals surface area contributed by atoms with Gasteiger partial charge < -0.3 is 10.2 Å². The van der Waals surface area contributed by atoms with E-state index in [1.165, 1.54) is 6.42 Å². The molecule has 2 heterocycles. The van der Waals surface area contributed by atoms with Crippen LogP contribution in [0.15, 0.2) is 0 Å². The van der Waals surface area contributed by atoms with Gasteiger partial charge in [0.25, 0.3) is 0 Å². The van der Waals surface area contributed by atoms with E-state index in [4.69, 9.17) is 0 Å². The zero-order valence-corrected chi connectivity index (χ0v) is 12.7. The summed E-state index contributed by atoms with van der Waals surface area (Å²) in [5, 5.41) is 3.39. The lowest BCUT2D eigenvalue weighted by Gasteiger charge is -2.41. The summed E-state index contributed by atoms with van der Waals surface area (Å²) in [4.78, 5) is 17.0. The maximum atomic E-state index is 12.5. The van der Waals surface area contributed by atoms with E-state index in [-0.39, 0.29) is 0 Å². The number of hydrogen-bond donors (Lipinski definition) is 1. The second kappa shape index (κ2) is 6.71. The van der Waals surface area contributed by atoms with E-state index < -0.39 is 0 Å². The molecule has 3 unspecified atom stereocenters. The van der Waals surface area contributed by atoms with E-state index in [2.05, 4.69) is 35.9 Å². The molecule has 2 rings (SSSR count). The van der Waals surface area contributed by atoms with Crippen molar-refractivity contribution in [2.45, 2.75) is 39.7 Å². The van der Waals surface area contributed by atoms with E-state index in [0.717, 1.165) is 39.1 Å². The minimum absolute atomic E-state index is 0.327. The Morgan fingerprint density at radius 2 is 2.00 bits per heavy atom. The number of carbonyl (C=O) groups is 1. The van der Waals surface area contributed by atoms with Crippen molar-refractivity contribution in [2.75, 3.05) is 39.3 Å². The molecule has 0 spiro atoms. The van der Waals surface area contributed by atoms with Gasteiger partial charge in [0.2, 0.25) is 5.91 Å². The van der Waals surface area contributed by atoms with Crippen LogP contribution in [0.3, 0.4) is 0 Å². The molecule has 0 aromatic heterocycles. The average Bonchev–Trinajstić information content (AvgIpc) is 2.62.